The van der Waals surface area contributed by atoms with Crippen molar-refractivity contribution in [2.75, 3.05) is 60.2 Å². The molecule has 8 nitrogen and oxygen atoms in total. The van der Waals surface area contributed by atoms with Crippen LogP contribution in [0, 0.1) is 0 Å². The summed E-state index contributed by atoms with van der Waals surface area (Å²) in [6.07, 6.45) is 7.69. The number of nitrogens with one attached hydrogen (secondary N) is 1. The number of hydrogen-bond acceptors (Lipinski definition) is 6. The number of ether oxygens (including phenoxy) is 2. The third kappa shape index (κ3) is 8.57. The summed E-state index contributed by atoms with van der Waals surface area (Å²) in [6.45, 7) is 5.75. The first kappa shape index (κ1) is 28.6. The Morgan fingerprint density at radius 3 is 2.21 bits per heavy atom. The number of fused-ring (bicyclic) bond motifs is 2. The average molecular weight is 535 g/mol. The van der Waals surface area contributed by atoms with Crippen molar-refractivity contribution in [2.24, 2.45) is 0 Å². The molecule has 0 saturated carbocycles. The summed E-state index contributed by atoms with van der Waals surface area (Å²) in [6, 6.07) is 15.8. The lowest BCUT2D eigenvalue weighted by atomic mass is 10.0. The highest BCUT2D eigenvalue weighted by molar-refractivity contribution is 5.91. The van der Waals surface area contributed by atoms with Crippen molar-refractivity contribution in [3.05, 3.63) is 65.7 Å². The first-order valence-electron chi connectivity index (χ1n) is 14.0. The minimum absolute atomic E-state index is 0.00479. The van der Waals surface area contributed by atoms with E-state index in [0.717, 1.165) is 74.6 Å². The Morgan fingerprint density at radius 1 is 0.846 bits per heavy atom. The fourth-order valence-electron chi connectivity index (χ4n) is 5.32. The molecule has 8 heteroatoms. The maximum absolute atomic E-state index is 13.1. The van der Waals surface area contributed by atoms with Gasteiger partial charge in [0.1, 0.15) is 11.5 Å². The van der Waals surface area contributed by atoms with E-state index in [0.29, 0.717) is 26.1 Å². The van der Waals surface area contributed by atoms with Crippen molar-refractivity contribution < 1.29 is 19.1 Å². The van der Waals surface area contributed by atoms with Gasteiger partial charge in [-0.1, -0.05) is 24.3 Å². The zero-order valence-corrected chi connectivity index (χ0v) is 23.3. The van der Waals surface area contributed by atoms with E-state index in [2.05, 4.69) is 27.2 Å². The molecule has 210 valence electrons. The standard InChI is InChI=1S/C31H42N4O4/c1-38-27-12-7-25(8-13-27)9-16-31(37)34-20-4-3-18-33-19-6-22-35(24-33)29(23-30(36)32-17-5-21-34)26-10-14-28(39-2)15-11-26/h7-16,29H,3-6,17-24H2,1-2H3,(H,32,36)/b16-9+/t29-/m0/s1. The number of nitrogens with zero attached hydrogens (tertiary/aromatic N) is 3. The van der Waals surface area contributed by atoms with Crippen LogP contribution >= 0.6 is 0 Å². The topological polar surface area (TPSA) is 74.3 Å². The van der Waals surface area contributed by atoms with Crippen LogP contribution in [0.25, 0.3) is 6.08 Å². The molecule has 2 bridgehead atoms. The van der Waals surface area contributed by atoms with Crippen molar-refractivity contribution in [3.8, 4) is 11.5 Å². The Hall–Kier alpha value is -3.36. The Morgan fingerprint density at radius 2 is 1.49 bits per heavy atom. The van der Waals surface area contributed by atoms with E-state index in [-0.39, 0.29) is 17.9 Å². The van der Waals surface area contributed by atoms with E-state index in [4.69, 9.17) is 9.47 Å². The molecule has 2 aliphatic heterocycles. The van der Waals surface area contributed by atoms with Gasteiger partial charge in [0.15, 0.2) is 0 Å². The Labute approximate surface area is 232 Å². The molecule has 1 N–H and O–H groups in total. The quantitative estimate of drug-likeness (QED) is 0.586. The Balaban J connectivity index is 1.41. The van der Waals surface area contributed by atoms with Crippen LogP contribution in [0.5, 0.6) is 11.5 Å². The zero-order valence-electron chi connectivity index (χ0n) is 23.3. The largest absolute Gasteiger partial charge is 0.497 e. The maximum Gasteiger partial charge on any atom is 0.246 e. The molecule has 3 atom stereocenters. The zero-order chi connectivity index (χ0) is 27.5. The van der Waals surface area contributed by atoms with Crippen LogP contribution in [0.1, 0.15) is 49.3 Å². The summed E-state index contributed by atoms with van der Waals surface area (Å²) in [7, 11) is 3.31. The molecule has 2 unspecified atom stereocenters. The van der Waals surface area contributed by atoms with Gasteiger partial charge in [-0.15, -0.1) is 0 Å². The first-order chi connectivity index (χ1) is 19.1. The second kappa shape index (κ2) is 14.7. The maximum atomic E-state index is 13.1. The number of carbonyl (C=O) groups is 2. The molecule has 0 aliphatic carbocycles. The Kier molecular flexibility index (Phi) is 10.8. The molecule has 2 fully saturated rings. The number of amides is 2. The summed E-state index contributed by atoms with van der Waals surface area (Å²) < 4.78 is 10.6. The van der Waals surface area contributed by atoms with Gasteiger partial charge in [0.25, 0.3) is 0 Å². The molecule has 2 heterocycles. The highest BCUT2D eigenvalue weighted by Gasteiger charge is 2.28. The fourth-order valence-corrected chi connectivity index (χ4v) is 5.32. The van der Waals surface area contributed by atoms with Crippen molar-refractivity contribution in [1.82, 2.24) is 20.0 Å². The molecule has 39 heavy (non-hydrogen) atoms. The molecule has 2 aromatic carbocycles. The van der Waals surface area contributed by atoms with E-state index >= 15 is 0 Å². The van der Waals surface area contributed by atoms with Crippen LogP contribution < -0.4 is 14.8 Å². The monoisotopic (exact) mass is 534 g/mol. The van der Waals surface area contributed by atoms with E-state index in [1.165, 1.54) is 0 Å². The number of methoxy groups -OCH3 is 2. The van der Waals surface area contributed by atoms with Gasteiger partial charge in [-0.05, 0) is 73.7 Å². The van der Waals surface area contributed by atoms with Crippen LogP contribution in [-0.2, 0) is 9.59 Å². The van der Waals surface area contributed by atoms with E-state index in [1.807, 2.05) is 47.4 Å². The van der Waals surface area contributed by atoms with Gasteiger partial charge < -0.3 is 19.7 Å². The first-order valence-corrected chi connectivity index (χ1v) is 14.0. The fraction of sp³-hybridized carbons (Fsp3) is 0.484. The van der Waals surface area contributed by atoms with Crippen molar-refractivity contribution >= 4 is 17.9 Å². The molecular weight excluding hydrogens is 492 g/mol. The summed E-state index contributed by atoms with van der Waals surface area (Å²) in [5.74, 6) is 1.65. The third-order valence-corrected chi connectivity index (χ3v) is 7.55. The smallest absolute Gasteiger partial charge is 0.246 e. The van der Waals surface area contributed by atoms with Gasteiger partial charge in [-0.25, -0.2) is 0 Å². The lowest BCUT2D eigenvalue weighted by Crippen LogP contribution is -2.47. The van der Waals surface area contributed by atoms with Crippen molar-refractivity contribution in [2.45, 2.75) is 38.1 Å². The number of benzene rings is 2. The molecule has 2 amide bonds. The van der Waals surface area contributed by atoms with E-state index < -0.39 is 0 Å². The van der Waals surface area contributed by atoms with Crippen LogP contribution in [-0.4, -0.2) is 86.7 Å². The Bertz CT molecular complexity index is 1090. The van der Waals surface area contributed by atoms with E-state index in [9.17, 15) is 9.59 Å². The van der Waals surface area contributed by atoms with Crippen LogP contribution in [0.15, 0.2) is 54.6 Å². The van der Waals surface area contributed by atoms with E-state index in [1.54, 1.807) is 20.3 Å². The minimum Gasteiger partial charge on any atom is -0.497 e. The lowest BCUT2D eigenvalue weighted by Gasteiger charge is -2.40. The lowest BCUT2D eigenvalue weighted by molar-refractivity contribution is -0.126. The molecule has 4 rings (SSSR count). The highest BCUT2D eigenvalue weighted by atomic mass is 16.5. The highest BCUT2D eigenvalue weighted by Crippen LogP contribution is 2.28. The predicted octanol–water partition coefficient (Wildman–Crippen LogP) is 3.94. The van der Waals surface area contributed by atoms with Gasteiger partial charge in [0.05, 0.1) is 20.9 Å². The van der Waals surface area contributed by atoms with Gasteiger partial charge in [0.2, 0.25) is 11.8 Å². The second-order valence-corrected chi connectivity index (χ2v) is 10.3. The van der Waals surface area contributed by atoms with Crippen molar-refractivity contribution in [3.63, 3.8) is 0 Å². The number of rotatable bonds is 5. The molecule has 0 aromatic heterocycles. The summed E-state index contributed by atoms with van der Waals surface area (Å²) in [5.41, 5.74) is 2.09. The normalized spacial score (nSPS) is 23.4. The summed E-state index contributed by atoms with van der Waals surface area (Å²) >= 11 is 0. The second-order valence-electron chi connectivity index (χ2n) is 10.3. The van der Waals surface area contributed by atoms with Crippen LogP contribution in [0.2, 0.25) is 0 Å². The molecule has 2 saturated heterocycles. The third-order valence-electron chi connectivity index (χ3n) is 7.55. The summed E-state index contributed by atoms with van der Waals surface area (Å²) in [4.78, 5) is 32.9. The van der Waals surface area contributed by atoms with Crippen molar-refractivity contribution in [1.29, 1.82) is 0 Å². The number of carbonyl (C=O) groups excluding carboxylic acids is 2. The SMILES string of the molecule is COc1ccc(/C=C/C(=O)N2CCCCN3CCCN(C3)[C@H](c3ccc(OC)cc3)CC(=O)NCCC2)cc1. The van der Waals surface area contributed by atoms with Gasteiger partial charge in [-0.3, -0.25) is 19.4 Å². The van der Waals surface area contributed by atoms with Crippen LogP contribution in [0.3, 0.4) is 0 Å². The predicted molar refractivity (Wildman–Crippen MR) is 154 cm³/mol. The molecule has 2 aliphatic rings. The van der Waals surface area contributed by atoms with Gasteiger partial charge in [-0.2, -0.15) is 0 Å². The molecule has 2 aromatic rings. The molecule has 0 radical (unpaired) electrons. The summed E-state index contributed by atoms with van der Waals surface area (Å²) in [5, 5.41) is 3.10. The molecular formula is C31H42N4O4. The molecule has 0 spiro atoms. The average Bonchev–Trinajstić information content (AvgIpc) is 2.98. The minimum atomic E-state index is 0.00479. The van der Waals surface area contributed by atoms with Gasteiger partial charge in [0, 0.05) is 51.3 Å². The van der Waals surface area contributed by atoms with Crippen LogP contribution in [0.4, 0.5) is 0 Å². The number of hydrogen-bond donors (Lipinski definition) is 1. The van der Waals surface area contributed by atoms with Gasteiger partial charge >= 0.3 is 0 Å².